The van der Waals surface area contributed by atoms with Gasteiger partial charge in [-0.3, -0.25) is 0 Å². The highest BCUT2D eigenvalue weighted by Gasteiger charge is 2.20. The van der Waals surface area contributed by atoms with Crippen LogP contribution in [0.1, 0.15) is 6.92 Å². The molecule has 0 spiro atoms. The van der Waals surface area contributed by atoms with Crippen molar-refractivity contribution < 1.29 is 9.53 Å². The van der Waals surface area contributed by atoms with Crippen molar-refractivity contribution in [1.82, 2.24) is 0 Å². The minimum Gasteiger partial charge on any atom is -0.421 e. The lowest BCUT2D eigenvalue weighted by molar-refractivity contribution is -0.130. The van der Waals surface area contributed by atoms with Crippen LogP contribution in [0.4, 0.5) is 0 Å². The number of benzene rings is 2. The molecule has 0 N–H and O–H groups in total. The van der Waals surface area contributed by atoms with Gasteiger partial charge < -0.3 is 4.74 Å². The van der Waals surface area contributed by atoms with E-state index in [1.165, 1.54) is 0 Å². The summed E-state index contributed by atoms with van der Waals surface area (Å²) in [6, 6.07) is 7.58. The van der Waals surface area contributed by atoms with Crippen LogP contribution in [-0.2, 0) is 4.79 Å². The number of rotatable bonds is 3. The predicted molar refractivity (Wildman–Crippen MR) is 111 cm³/mol. The fourth-order valence-electron chi connectivity index (χ4n) is 1.83. The molecule has 0 amide bonds. The Bertz CT molecular complexity index is 791. The van der Waals surface area contributed by atoms with Gasteiger partial charge in [0.2, 0.25) is 0 Å². The molecule has 0 fully saturated rings. The van der Waals surface area contributed by atoms with E-state index in [1.807, 2.05) is 24.3 Å². The summed E-state index contributed by atoms with van der Waals surface area (Å²) in [6.07, 6.45) is 0. The average molecular weight is 633 g/mol. The highest BCUT2D eigenvalue weighted by atomic mass is 79.9. The Morgan fingerprint density at radius 2 is 1.39 bits per heavy atom. The van der Waals surface area contributed by atoms with Crippen molar-refractivity contribution in [3.63, 3.8) is 0 Å². The van der Waals surface area contributed by atoms with Crippen molar-refractivity contribution in [1.29, 1.82) is 0 Å². The smallest absolute Gasteiger partial charge is 0.338 e. The van der Waals surface area contributed by atoms with Crippen molar-refractivity contribution in [3.05, 3.63) is 58.8 Å². The van der Waals surface area contributed by atoms with Crippen LogP contribution >= 0.6 is 79.6 Å². The van der Waals surface area contributed by atoms with E-state index in [1.54, 1.807) is 6.92 Å². The monoisotopic (exact) mass is 628 g/mol. The van der Waals surface area contributed by atoms with E-state index < -0.39 is 5.97 Å². The lowest BCUT2D eigenvalue weighted by atomic mass is 10.0. The summed E-state index contributed by atoms with van der Waals surface area (Å²) in [7, 11) is 0. The SMILES string of the molecule is C=C(C)C(=O)Oc1c(Br)cc(Br)cc1-c1c(Br)cc(Br)cc1Br. The molecule has 2 aromatic rings. The zero-order valence-corrected chi connectivity index (χ0v) is 19.7. The van der Waals surface area contributed by atoms with Crippen LogP contribution in [0.5, 0.6) is 5.75 Å². The number of carbonyl (C=O) groups excluding carboxylic acids is 1. The van der Waals surface area contributed by atoms with Crippen molar-refractivity contribution in [2.24, 2.45) is 0 Å². The van der Waals surface area contributed by atoms with Crippen molar-refractivity contribution in [3.8, 4) is 16.9 Å². The van der Waals surface area contributed by atoms with Crippen LogP contribution in [0.3, 0.4) is 0 Å². The van der Waals surface area contributed by atoms with Crippen LogP contribution in [0.15, 0.2) is 58.8 Å². The van der Waals surface area contributed by atoms with Gasteiger partial charge >= 0.3 is 5.97 Å². The molecule has 2 rings (SSSR count). The van der Waals surface area contributed by atoms with E-state index >= 15 is 0 Å². The van der Waals surface area contributed by atoms with E-state index in [2.05, 4.69) is 86.2 Å². The Hall–Kier alpha value is 0.0500. The number of carbonyl (C=O) groups is 1. The van der Waals surface area contributed by atoms with E-state index in [0.717, 1.165) is 29.0 Å². The van der Waals surface area contributed by atoms with Crippen molar-refractivity contribution >= 4 is 85.6 Å². The molecule has 0 radical (unpaired) electrons. The molecule has 23 heavy (non-hydrogen) atoms. The summed E-state index contributed by atoms with van der Waals surface area (Å²) in [5.41, 5.74) is 1.96. The number of halogens is 5. The fraction of sp³-hybridized carbons (Fsp3) is 0.0625. The Kier molecular flexibility index (Phi) is 6.70. The van der Waals surface area contributed by atoms with Crippen LogP contribution < -0.4 is 4.74 Å². The standard InChI is InChI=1S/C16H9Br5O2/c1-7(2)16(22)23-15-10(3-8(17)6-13(15)21)14-11(19)4-9(18)5-12(14)20/h3-6H,1H2,2H3. The number of ether oxygens (including phenoxy) is 1. The average Bonchev–Trinajstić information content (AvgIpc) is 2.40. The summed E-state index contributed by atoms with van der Waals surface area (Å²) in [4.78, 5) is 12.0. The molecule has 120 valence electrons. The summed E-state index contributed by atoms with van der Waals surface area (Å²) >= 11 is 17.5. The van der Waals surface area contributed by atoms with Gasteiger partial charge in [0.1, 0.15) is 0 Å². The maximum Gasteiger partial charge on any atom is 0.338 e. The third kappa shape index (κ3) is 4.57. The summed E-state index contributed by atoms with van der Waals surface area (Å²) in [5.74, 6) is -0.0384. The highest BCUT2D eigenvalue weighted by molar-refractivity contribution is 9.12. The van der Waals surface area contributed by atoms with E-state index in [4.69, 9.17) is 4.74 Å². The molecule has 0 heterocycles. The number of esters is 1. The van der Waals surface area contributed by atoms with Gasteiger partial charge in [0.25, 0.3) is 0 Å². The van der Waals surface area contributed by atoms with E-state index in [0.29, 0.717) is 15.8 Å². The second-order valence-electron chi connectivity index (χ2n) is 4.68. The first-order chi connectivity index (χ1) is 10.7. The first kappa shape index (κ1) is 19.4. The Balaban J connectivity index is 2.72. The van der Waals surface area contributed by atoms with Gasteiger partial charge in [-0.05, 0) is 47.1 Å². The third-order valence-corrected chi connectivity index (χ3v) is 5.58. The largest absolute Gasteiger partial charge is 0.421 e. The molecular weight excluding hydrogens is 624 g/mol. The third-order valence-electron chi connectivity index (χ3n) is 2.83. The van der Waals surface area contributed by atoms with Crippen molar-refractivity contribution in [2.45, 2.75) is 6.92 Å². The van der Waals surface area contributed by atoms with Crippen LogP contribution in [0.2, 0.25) is 0 Å². The summed E-state index contributed by atoms with van der Waals surface area (Å²) in [5, 5.41) is 0. The molecule has 0 aliphatic rings. The van der Waals surface area contributed by atoms with E-state index in [-0.39, 0.29) is 0 Å². The number of hydrogen-bond donors (Lipinski definition) is 0. The first-order valence-corrected chi connectivity index (χ1v) is 10.2. The van der Waals surface area contributed by atoms with Crippen LogP contribution in [0, 0.1) is 0 Å². The van der Waals surface area contributed by atoms with E-state index in [9.17, 15) is 4.79 Å². The highest BCUT2D eigenvalue weighted by Crippen LogP contribution is 2.46. The van der Waals surface area contributed by atoms with Crippen LogP contribution in [-0.4, -0.2) is 5.97 Å². The molecular formula is C16H9Br5O2. The van der Waals surface area contributed by atoms with Gasteiger partial charge in [-0.15, -0.1) is 0 Å². The molecule has 0 atom stereocenters. The van der Waals surface area contributed by atoms with Gasteiger partial charge in [0, 0.05) is 34.6 Å². The molecule has 2 nitrogen and oxygen atoms in total. The summed E-state index contributed by atoms with van der Waals surface area (Å²) < 4.78 is 9.69. The van der Waals surface area contributed by atoms with Gasteiger partial charge in [0.15, 0.2) is 5.75 Å². The van der Waals surface area contributed by atoms with Crippen molar-refractivity contribution in [2.75, 3.05) is 0 Å². The summed E-state index contributed by atoms with van der Waals surface area (Å²) in [6.45, 7) is 5.24. The molecule has 0 aliphatic heterocycles. The minimum atomic E-state index is -0.473. The Labute approximate surface area is 176 Å². The lowest BCUT2D eigenvalue weighted by Crippen LogP contribution is -2.09. The van der Waals surface area contributed by atoms with Crippen LogP contribution in [0.25, 0.3) is 11.1 Å². The zero-order valence-electron chi connectivity index (χ0n) is 11.7. The molecule has 2 aromatic carbocycles. The fourth-order valence-corrected chi connectivity index (χ4v) is 5.82. The topological polar surface area (TPSA) is 26.3 Å². The maximum atomic E-state index is 12.0. The second-order valence-corrected chi connectivity index (χ2v) is 9.07. The quantitative estimate of drug-likeness (QED) is 0.198. The zero-order chi connectivity index (χ0) is 17.3. The van der Waals surface area contributed by atoms with Gasteiger partial charge in [-0.1, -0.05) is 70.3 Å². The lowest BCUT2D eigenvalue weighted by Gasteiger charge is -2.16. The Morgan fingerprint density at radius 1 is 0.913 bits per heavy atom. The molecule has 0 bridgehead atoms. The Morgan fingerprint density at radius 3 is 1.91 bits per heavy atom. The molecule has 0 saturated heterocycles. The van der Waals surface area contributed by atoms with Gasteiger partial charge in [-0.2, -0.15) is 0 Å². The second kappa shape index (κ2) is 7.95. The normalized spacial score (nSPS) is 10.5. The first-order valence-electron chi connectivity index (χ1n) is 6.22. The van der Waals surface area contributed by atoms with Gasteiger partial charge in [0.05, 0.1) is 4.47 Å². The molecule has 0 saturated carbocycles. The molecule has 0 unspecified atom stereocenters. The maximum absolute atomic E-state index is 12.0. The molecule has 0 aliphatic carbocycles. The predicted octanol–water partition coefficient (Wildman–Crippen LogP) is 7.65. The molecule has 7 heteroatoms. The van der Waals surface area contributed by atoms with Gasteiger partial charge in [-0.25, -0.2) is 4.79 Å². The number of hydrogen-bond acceptors (Lipinski definition) is 2. The minimum absolute atomic E-state index is 0.333. The molecule has 0 aromatic heterocycles.